The summed E-state index contributed by atoms with van der Waals surface area (Å²) in [6.07, 6.45) is -0.898. The van der Waals surface area contributed by atoms with Gasteiger partial charge in [0.15, 0.2) is 5.09 Å². The van der Waals surface area contributed by atoms with Crippen molar-refractivity contribution in [2.75, 3.05) is 5.75 Å². The Hall–Kier alpha value is -1.30. The average molecular weight is 275 g/mol. The standard InChI is InChI=1S/C12H12F3NOS/c1-3-18-11-9(12(13,14)15)6-10(17-11)8-4-5-16(2)7-8/h4-7H,3H2,1-2H3. The molecule has 0 N–H and O–H groups in total. The Bertz CT molecular complexity index is 542. The summed E-state index contributed by atoms with van der Waals surface area (Å²) >= 11 is 1.06. The molecule has 0 bridgehead atoms. The van der Waals surface area contributed by atoms with Gasteiger partial charge in [0.25, 0.3) is 0 Å². The van der Waals surface area contributed by atoms with E-state index in [1.807, 2.05) is 0 Å². The fourth-order valence-electron chi connectivity index (χ4n) is 1.60. The number of furan rings is 1. The SMILES string of the molecule is CCSc1oc(-c2ccn(C)c2)cc1C(F)(F)F. The van der Waals surface area contributed by atoms with Crippen LogP contribution in [0.2, 0.25) is 0 Å². The third-order valence-corrected chi connectivity index (χ3v) is 3.25. The Balaban J connectivity index is 2.45. The van der Waals surface area contributed by atoms with Crippen molar-refractivity contribution in [3.05, 3.63) is 30.1 Å². The van der Waals surface area contributed by atoms with Crippen LogP contribution in [0.4, 0.5) is 13.2 Å². The van der Waals surface area contributed by atoms with Gasteiger partial charge in [-0.3, -0.25) is 0 Å². The highest BCUT2D eigenvalue weighted by molar-refractivity contribution is 7.99. The van der Waals surface area contributed by atoms with E-state index in [2.05, 4.69) is 0 Å². The first-order chi connectivity index (χ1) is 8.41. The van der Waals surface area contributed by atoms with Gasteiger partial charge in [-0.05, 0) is 17.9 Å². The summed E-state index contributed by atoms with van der Waals surface area (Å²) in [5.41, 5.74) is -0.0563. The maximum Gasteiger partial charge on any atom is 0.420 e. The molecule has 2 aromatic rings. The first-order valence-corrected chi connectivity index (χ1v) is 6.36. The van der Waals surface area contributed by atoms with E-state index in [9.17, 15) is 13.2 Å². The highest BCUT2D eigenvalue weighted by Gasteiger charge is 2.36. The van der Waals surface area contributed by atoms with Crippen molar-refractivity contribution in [3.8, 4) is 11.3 Å². The summed E-state index contributed by atoms with van der Waals surface area (Å²) in [5.74, 6) is 0.782. The second-order valence-electron chi connectivity index (χ2n) is 3.81. The van der Waals surface area contributed by atoms with Crippen LogP contribution >= 0.6 is 11.8 Å². The summed E-state index contributed by atoms with van der Waals surface area (Å²) in [6, 6.07) is 2.78. The molecule has 0 aromatic carbocycles. The van der Waals surface area contributed by atoms with E-state index in [1.54, 1.807) is 37.0 Å². The number of hydrogen-bond donors (Lipinski definition) is 0. The first-order valence-electron chi connectivity index (χ1n) is 5.38. The molecular weight excluding hydrogens is 263 g/mol. The Morgan fingerprint density at radius 3 is 2.61 bits per heavy atom. The van der Waals surface area contributed by atoms with E-state index in [0.29, 0.717) is 11.3 Å². The summed E-state index contributed by atoms with van der Waals surface area (Å²) in [7, 11) is 1.80. The second-order valence-corrected chi connectivity index (χ2v) is 5.05. The Morgan fingerprint density at radius 2 is 2.11 bits per heavy atom. The minimum Gasteiger partial charge on any atom is -0.449 e. The monoisotopic (exact) mass is 275 g/mol. The van der Waals surface area contributed by atoms with E-state index in [1.165, 1.54) is 0 Å². The van der Waals surface area contributed by atoms with Crippen molar-refractivity contribution < 1.29 is 17.6 Å². The fourth-order valence-corrected chi connectivity index (χ4v) is 2.34. The predicted octanol–water partition coefficient (Wildman–Crippen LogP) is 4.42. The average Bonchev–Trinajstić information content (AvgIpc) is 2.84. The van der Waals surface area contributed by atoms with E-state index < -0.39 is 11.7 Å². The first kappa shape index (κ1) is 13.1. The predicted molar refractivity (Wildman–Crippen MR) is 64.5 cm³/mol. The molecule has 98 valence electrons. The van der Waals surface area contributed by atoms with E-state index in [-0.39, 0.29) is 10.9 Å². The van der Waals surface area contributed by atoms with E-state index in [0.717, 1.165) is 17.8 Å². The van der Waals surface area contributed by atoms with Crippen LogP contribution in [0.15, 0.2) is 34.0 Å². The summed E-state index contributed by atoms with van der Waals surface area (Å²) < 4.78 is 45.6. The lowest BCUT2D eigenvalue weighted by molar-refractivity contribution is -0.140. The minimum atomic E-state index is -4.38. The van der Waals surface area contributed by atoms with Gasteiger partial charge < -0.3 is 8.98 Å². The molecule has 2 nitrogen and oxygen atoms in total. The number of aryl methyl sites for hydroxylation is 1. The van der Waals surface area contributed by atoms with Gasteiger partial charge in [0, 0.05) is 25.0 Å². The summed E-state index contributed by atoms with van der Waals surface area (Å²) in [4.78, 5) is 0. The van der Waals surface area contributed by atoms with Crippen LogP contribution in [0.25, 0.3) is 11.3 Å². The molecular formula is C12H12F3NOS. The van der Waals surface area contributed by atoms with Gasteiger partial charge in [0.1, 0.15) is 11.3 Å². The molecule has 0 unspecified atom stereocenters. The highest BCUT2D eigenvalue weighted by Crippen LogP contribution is 2.41. The lowest BCUT2D eigenvalue weighted by atomic mass is 10.2. The topological polar surface area (TPSA) is 18.1 Å². The molecule has 0 aliphatic heterocycles. The maximum atomic E-state index is 12.8. The number of hydrogen-bond acceptors (Lipinski definition) is 2. The third-order valence-electron chi connectivity index (χ3n) is 2.40. The quantitative estimate of drug-likeness (QED) is 0.772. The van der Waals surface area contributed by atoms with Crippen molar-refractivity contribution in [2.24, 2.45) is 7.05 Å². The molecule has 0 spiro atoms. The molecule has 2 aromatic heterocycles. The molecule has 0 aliphatic rings. The molecule has 0 aliphatic carbocycles. The number of rotatable bonds is 3. The van der Waals surface area contributed by atoms with Crippen LogP contribution in [0.1, 0.15) is 12.5 Å². The van der Waals surface area contributed by atoms with Crippen LogP contribution < -0.4 is 0 Å². The van der Waals surface area contributed by atoms with Gasteiger partial charge in [-0.1, -0.05) is 18.7 Å². The zero-order valence-electron chi connectivity index (χ0n) is 9.91. The number of aromatic nitrogens is 1. The highest BCUT2D eigenvalue weighted by atomic mass is 32.2. The van der Waals surface area contributed by atoms with Gasteiger partial charge in [-0.25, -0.2) is 0 Å². The van der Waals surface area contributed by atoms with Gasteiger partial charge in [-0.15, -0.1) is 0 Å². The normalized spacial score (nSPS) is 12.1. The number of halogens is 3. The van der Waals surface area contributed by atoms with E-state index in [4.69, 9.17) is 4.42 Å². The van der Waals surface area contributed by atoms with Crippen molar-refractivity contribution in [2.45, 2.75) is 18.2 Å². The molecule has 2 rings (SSSR count). The van der Waals surface area contributed by atoms with Gasteiger partial charge in [0.05, 0.1) is 0 Å². The van der Waals surface area contributed by atoms with Crippen LogP contribution in [0.5, 0.6) is 0 Å². The maximum absolute atomic E-state index is 12.8. The Labute approximate surface area is 107 Å². The van der Waals surface area contributed by atoms with Crippen LogP contribution in [0.3, 0.4) is 0 Å². The van der Waals surface area contributed by atoms with Crippen LogP contribution in [-0.4, -0.2) is 10.3 Å². The lowest BCUT2D eigenvalue weighted by Crippen LogP contribution is -2.04. The van der Waals surface area contributed by atoms with Crippen molar-refractivity contribution in [3.63, 3.8) is 0 Å². The second kappa shape index (κ2) is 4.76. The molecule has 0 saturated carbocycles. The van der Waals surface area contributed by atoms with Gasteiger partial charge >= 0.3 is 6.18 Å². The number of alkyl halides is 3. The van der Waals surface area contributed by atoms with Crippen molar-refractivity contribution >= 4 is 11.8 Å². The minimum absolute atomic E-state index is 0.0659. The Morgan fingerprint density at radius 1 is 1.39 bits per heavy atom. The molecule has 6 heteroatoms. The molecule has 0 amide bonds. The molecule has 18 heavy (non-hydrogen) atoms. The fraction of sp³-hybridized carbons (Fsp3) is 0.333. The molecule has 0 fully saturated rings. The Kier molecular flexibility index (Phi) is 3.47. The molecule has 0 saturated heterocycles. The van der Waals surface area contributed by atoms with Gasteiger partial charge in [-0.2, -0.15) is 13.2 Å². The van der Waals surface area contributed by atoms with Gasteiger partial charge in [0.2, 0.25) is 0 Å². The zero-order valence-corrected chi connectivity index (χ0v) is 10.7. The van der Waals surface area contributed by atoms with Crippen LogP contribution in [0, 0.1) is 0 Å². The summed E-state index contributed by atoms with van der Waals surface area (Å²) in [6.45, 7) is 1.79. The third kappa shape index (κ3) is 2.58. The van der Waals surface area contributed by atoms with Crippen molar-refractivity contribution in [1.29, 1.82) is 0 Å². The van der Waals surface area contributed by atoms with Crippen molar-refractivity contribution in [1.82, 2.24) is 4.57 Å². The molecule has 0 radical (unpaired) electrons. The van der Waals surface area contributed by atoms with Crippen LogP contribution in [-0.2, 0) is 13.2 Å². The molecule has 0 atom stereocenters. The summed E-state index contributed by atoms with van der Waals surface area (Å²) in [5, 5.41) is -0.0659. The molecule has 2 heterocycles. The van der Waals surface area contributed by atoms with E-state index >= 15 is 0 Å². The number of nitrogens with zero attached hydrogens (tertiary/aromatic N) is 1. The number of thioether (sulfide) groups is 1. The smallest absolute Gasteiger partial charge is 0.420 e. The zero-order chi connectivity index (χ0) is 13.3. The largest absolute Gasteiger partial charge is 0.449 e. The lowest BCUT2D eigenvalue weighted by Gasteiger charge is -2.04.